The van der Waals surface area contributed by atoms with Crippen LogP contribution < -0.4 is 10.5 Å². The normalized spacial score (nSPS) is 11.8. The van der Waals surface area contributed by atoms with Crippen molar-refractivity contribution < 1.29 is 17.2 Å². The molecule has 0 atom stereocenters. The molecule has 0 amide bonds. The number of H-pyrrole nitrogens is 1. The number of nitrogens with two attached hydrogens (primary N) is 1. The van der Waals surface area contributed by atoms with Crippen molar-refractivity contribution in [3.63, 3.8) is 0 Å². The maximum Gasteiger partial charge on any atom is 0.288 e. The van der Waals surface area contributed by atoms with Gasteiger partial charge in [0, 0.05) is 17.0 Å². The van der Waals surface area contributed by atoms with E-state index in [1.165, 1.54) is 18.3 Å². The van der Waals surface area contributed by atoms with Crippen LogP contribution in [-0.4, -0.2) is 24.4 Å². The molecule has 0 unspecified atom stereocenters. The molecular formula is C11H12F2N4O2S2. The minimum atomic E-state index is -3.98. The Balaban J connectivity index is 2.33. The summed E-state index contributed by atoms with van der Waals surface area (Å²) >= 11 is 0.262. The molecule has 2 rings (SSSR count). The van der Waals surface area contributed by atoms with Crippen molar-refractivity contribution in [1.29, 1.82) is 0 Å². The number of anilines is 1. The molecule has 6 nitrogen and oxygen atoms in total. The number of nitrogens with one attached hydrogen (secondary N) is 2. The Morgan fingerprint density at radius 3 is 2.76 bits per heavy atom. The van der Waals surface area contributed by atoms with Crippen LogP contribution in [-0.2, 0) is 16.6 Å². The molecule has 2 aromatic rings. The van der Waals surface area contributed by atoms with E-state index in [1.807, 2.05) is 0 Å². The molecule has 21 heavy (non-hydrogen) atoms. The van der Waals surface area contributed by atoms with Crippen molar-refractivity contribution in [3.8, 4) is 0 Å². The lowest BCUT2D eigenvalue weighted by molar-refractivity contribution is 0.252. The molecule has 1 heterocycles. The van der Waals surface area contributed by atoms with Crippen LogP contribution in [0.1, 0.15) is 5.56 Å². The third-order valence-corrected chi connectivity index (χ3v) is 4.68. The van der Waals surface area contributed by atoms with Gasteiger partial charge in [0.05, 0.1) is 11.9 Å². The van der Waals surface area contributed by atoms with Crippen molar-refractivity contribution >= 4 is 27.5 Å². The van der Waals surface area contributed by atoms with Gasteiger partial charge in [-0.1, -0.05) is 23.9 Å². The fourth-order valence-corrected chi connectivity index (χ4v) is 3.51. The molecule has 1 aromatic carbocycles. The largest absolute Gasteiger partial charge is 0.326 e. The van der Waals surface area contributed by atoms with Gasteiger partial charge >= 0.3 is 0 Å². The van der Waals surface area contributed by atoms with Crippen molar-refractivity contribution in [2.24, 2.45) is 5.73 Å². The lowest BCUT2D eigenvalue weighted by atomic mass is 10.3. The molecule has 0 aliphatic carbocycles. The van der Waals surface area contributed by atoms with Gasteiger partial charge < -0.3 is 5.73 Å². The summed E-state index contributed by atoms with van der Waals surface area (Å²) < 4.78 is 51.7. The van der Waals surface area contributed by atoms with Gasteiger partial charge in [0.15, 0.2) is 5.03 Å². The average Bonchev–Trinajstić information content (AvgIpc) is 2.89. The second-order valence-corrected chi connectivity index (χ2v) is 6.56. The van der Waals surface area contributed by atoms with Crippen molar-refractivity contribution in [1.82, 2.24) is 10.2 Å². The maximum absolute atomic E-state index is 12.5. The zero-order valence-corrected chi connectivity index (χ0v) is 12.2. The van der Waals surface area contributed by atoms with E-state index in [0.29, 0.717) is 5.56 Å². The number of nitrogens with zero attached hydrogens (tertiary/aromatic N) is 1. The zero-order valence-electron chi connectivity index (χ0n) is 10.6. The number of aromatic amines is 1. The fraction of sp³-hybridized carbons (Fsp3) is 0.182. The summed E-state index contributed by atoms with van der Waals surface area (Å²) in [6, 6.07) is 5.90. The highest BCUT2D eigenvalue weighted by Crippen LogP contribution is 2.32. The molecular weight excluding hydrogens is 322 g/mol. The SMILES string of the molecule is NCc1cn[nH]c1S(=O)(=O)Nc1ccccc1SC(F)F. The summed E-state index contributed by atoms with van der Waals surface area (Å²) in [7, 11) is -3.98. The van der Waals surface area contributed by atoms with E-state index in [-0.39, 0.29) is 33.9 Å². The molecule has 0 spiro atoms. The Hall–Kier alpha value is -1.65. The van der Waals surface area contributed by atoms with Gasteiger partial charge in [-0.15, -0.1) is 0 Å². The van der Waals surface area contributed by atoms with E-state index in [0.717, 1.165) is 0 Å². The standard InChI is InChI=1S/C11H12F2N4O2S2/c12-11(13)20-9-4-2-1-3-8(9)17-21(18,19)10-7(5-14)6-15-16-10/h1-4,6,11,17H,5,14H2,(H,15,16). The van der Waals surface area contributed by atoms with Crippen LogP contribution >= 0.6 is 11.8 Å². The van der Waals surface area contributed by atoms with Crippen molar-refractivity contribution in [3.05, 3.63) is 36.0 Å². The number of benzene rings is 1. The van der Waals surface area contributed by atoms with Crippen molar-refractivity contribution in [2.45, 2.75) is 22.2 Å². The number of hydrogen-bond donors (Lipinski definition) is 3. The molecule has 0 aliphatic heterocycles. The number of halogens is 2. The van der Waals surface area contributed by atoms with E-state index >= 15 is 0 Å². The number of sulfonamides is 1. The number of rotatable bonds is 6. The van der Waals surface area contributed by atoms with Gasteiger partial charge in [0.25, 0.3) is 15.8 Å². The average molecular weight is 334 g/mol. The predicted octanol–water partition coefficient (Wildman–Crippen LogP) is 1.98. The number of para-hydroxylation sites is 1. The van der Waals surface area contributed by atoms with Crippen LogP contribution in [0.3, 0.4) is 0 Å². The topological polar surface area (TPSA) is 101 Å². The summed E-state index contributed by atoms with van der Waals surface area (Å²) in [5.74, 6) is -2.65. The van der Waals surface area contributed by atoms with Gasteiger partial charge in [0.2, 0.25) is 0 Å². The third kappa shape index (κ3) is 3.71. The van der Waals surface area contributed by atoms with E-state index in [4.69, 9.17) is 5.73 Å². The number of alkyl halides is 2. The second-order valence-electron chi connectivity index (χ2n) is 3.91. The van der Waals surface area contributed by atoms with Crippen molar-refractivity contribution in [2.75, 3.05) is 4.72 Å². The summed E-state index contributed by atoms with van der Waals surface area (Å²) in [4.78, 5) is 0.130. The Bertz CT molecular complexity index is 719. The number of aromatic nitrogens is 2. The predicted molar refractivity (Wildman–Crippen MR) is 75.6 cm³/mol. The lowest BCUT2D eigenvalue weighted by Crippen LogP contribution is -2.16. The molecule has 10 heteroatoms. The monoisotopic (exact) mass is 334 g/mol. The highest BCUT2D eigenvalue weighted by atomic mass is 32.2. The summed E-state index contributed by atoms with van der Waals surface area (Å²) in [6.07, 6.45) is 1.30. The lowest BCUT2D eigenvalue weighted by Gasteiger charge is -2.11. The number of hydrogen-bond acceptors (Lipinski definition) is 5. The molecule has 4 N–H and O–H groups in total. The summed E-state index contributed by atoms with van der Waals surface area (Å²) in [5, 5.41) is 5.79. The Morgan fingerprint density at radius 1 is 1.38 bits per heavy atom. The zero-order chi connectivity index (χ0) is 15.5. The first-order valence-electron chi connectivity index (χ1n) is 5.73. The first-order valence-corrected chi connectivity index (χ1v) is 8.09. The van der Waals surface area contributed by atoms with Gasteiger partial charge in [0.1, 0.15) is 0 Å². The van der Waals surface area contributed by atoms with Gasteiger partial charge in [-0.2, -0.15) is 22.3 Å². The molecule has 0 saturated carbocycles. The van der Waals surface area contributed by atoms with E-state index in [9.17, 15) is 17.2 Å². The molecule has 1 aromatic heterocycles. The summed E-state index contributed by atoms with van der Waals surface area (Å²) in [5.41, 5.74) is 5.80. The Labute approximate surface area is 124 Å². The quantitative estimate of drug-likeness (QED) is 0.701. The van der Waals surface area contributed by atoms with Gasteiger partial charge in [-0.25, -0.2) is 0 Å². The molecule has 0 bridgehead atoms. The van der Waals surface area contributed by atoms with Crippen LogP contribution in [0.15, 0.2) is 40.4 Å². The fourth-order valence-electron chi connectivity index (χ4n) is 1.62. The summed E-state index contributed by atoms with van der Waals surface area (Å²) in [6.45, 7) is -0.0137. The van der Waals surface area contributed by atoms with E-state index < -0.39 is 15.8 Å². The van der Waals surface area contributed by atoms with E-state index in [2.05, 4.69) is 14.9 Å². The molecule has 0 fully saturated rings. The highest BCUT2D eigenvalue weighted by Gasteiger charge is 2.22. The Morgan fingerprint density at radius 2 is 2.10 bits per heavy atom. The van der Waals surface area contributed by atoms with Crippen LogP contribution in [0.4, 0.5) is 14.5 Å². The third-order valence-electron chi connectivity index (χ3n) is 2.51. The molecule has 0 radical (unpaired) electrons. The minimum Gasteiger partial charge on any atom is -0.326 e. The Kier molecular flexibility index (Phi) is 4.80. The van der Waals surface area contributed by atoms with Gasteiger partial charge in [-0.3, -0.25) is 9.82 Å². The van der Waals surface area contributed by atoms with E-state index in [1.54, 1.807) is 12.1 Å². The van der Waals surface area contributed by atoms with Gasteiger partial charge in [-0.05, 0) is 12.1 Å². The maximum atomic E-state index is 12.5. The second kappa shape index (κ2) is 6.41. The van der Waals surface area contributed by atoms with Crippen LogP contribution in [0.5, 0.6) is 0 Å². The van der Waals surface area contributed by atoms with Crippen LogP contribution in [0.2, 0.25) is 0 Å². The smallest absolute Gasteiger partial charge is 0.288 e. The minimum absolute atomic E-state index is 0.0137. The highest BCUT2D eigenvalue weighted by molar-refractivity contribution is 7.99. The molecule has 0 aliphatic rings. The first kappa shape index (κ1) is 15.7. The van der Waals surface area contributed by atoms with Crippen LogP contribution in [0.25, 0.3) is 0 Å². The molecule has 114 valence electrons. The first-order chi connectivity index (χ1) is 9.94. The molecule has 0 saturated heterocycles. The van der Waals surface area contributed by atoms with Crippen LogP contribution in [0, 0.1) is 0 Å². The number of thioether (sulfide) groups is 1.